The van der Waals surface area contributed by atoms with Crippen LogP contribution >= 0.6 is 11.3 Å². The zero-order valence-corrected chi connectivity index (χ0v) is 21.6. The average molecular weight is 529 g/mol. The van der Waals surface area contributed by atoms with Crippen molar-refractivity contribution in [1.82, 2.24) is 5.32 Å². The van der Waals surface area contributed by atoms with Gasteiger partial charge >= 0.3 is 11.7 Å². The second-order valence-electron chi connectivity index (χ2n) is 8.74. The van der Waals surface area contributed by atoms with Crippen molar-refractivity contribution in [2.24, 2.45) is 0 Å². The van der Waals surface area contributed by atoms with Gasteiger partial charge in [0.25, 0.3) is 0 Å². The lowest BCUT2D eigenvalue weighted by atomic mass is 9.72. The molecule has 0 saturated heterocycles. The molecule has 0 radical (unpaired) electrons. The number of carbonyl (C=O) groups is 2. The summed E-state index contributed by atoms with van der Waals surface area (Å²) >= 11 is 1.58. The second kappa shape index (κ2) is 11.1. The highest BCUT2D eigenvalue weighted by Crippen LogP contribution is 2.49. The molecule has 2 unspecified atom stereocenters. The van der Waals surface area contributed by atoms with E-state index in [4.69, 9.17) is 14.2 Å². The van der Waals surface area contributed by atoms with Gasteiger partial charge in [-0.3, -0.25) is 14.9 Å². The fourth-order valence-electron chi connectivity index (χ4n) is 4.85. The van der Waals surface area contributed by atoms with E-state index in [9.17, 15) is 24.8 Å². The van der Waals surface area contributed by atoms with Gasteiger partial charge in [-0.2, -0.15) is 0 Å². The first-order chi connectivity index (χ1) is 17.8. The Balaban J connectivity index is 1.87. The fraction of sp³-hybridized carbons (Fsp3) is 0.385. The lowest BCUT2D eigenvalue weighted by molar-refractivity contribution is -0.386. The summed E-state index contributed by atoms with van der Waals surface area (Å²) in [4.78, 5) is 39.1. The molecule has 2 N–H and O–H groups in total. The number of methoxy groups -OCH3 is 1. The quantitative estimate of drug-likeness (QED) is 0.211. The highest BCUT2D eigenvalue weighted by Gasteiger charge is 2.42. The van der Waals surface area contributed by atoms with E-state index >= 15 is 0 Å². The lowest BCUT2D eigenvalue weighted by Crippen LogP contribution is -2.36. The number of rotatable bonds is 9. The number of allylic oxidation sites excluding steroid dienone is 3. The Labute approximate surface area is 217 Å². The third-order valence-corrected chi connectivity index (χ3v) is 7.46. The Kier molecular flexibility index (Phi) is 7.94. The van der Waals surface area contributed by atoms with Gasteiger partial charge in [-0.15, -0.1) is 11.3 Å². The van der Waals surface area contributed by atoms with E-state index in [0.29, 0.717) is 23.4 Å². The number of nitrogens with zero attached hydrogens (tertiary/aromatic N) is 1. The summed E-state index contributed by atoms with van der Waals surface area (Å²) in [5.74, 6) is -2.51. The minimum atomic E-state index is -0.943. The van der Waals surface area contributed by atoms with E-state index in [1.165, 1.54) is 19.2 Å². The minimum absolute atomic E-state index is 0.000935. The SMILES string of the molecule is CCOc1cc(C2C(C(=O)OCCOC)=C(C)NC3=C2C(=O)CC(c2cccs2)C3)cc([N+](=O)[O-])c1O. The van der Waals surface area contributed by atoms with Crippen LogP contribution in [0.3, 0.4) is 0 Å². The number of benzene rings is 1. The van der Waals surface area contributed by atoms with Crippen molar-refractivity contribution in [3.63, 3.8) is 0 Å². The van der Waals surface area contributed by atoms with E-state index < -0.39 is 28.2 Å². The molecule has 0 amide bonds. The van der Waals surface area contributed by atoms with Crippen LogP contribution in [-0.4, -0.2) is 48.7 Å². The van der Waals surface area contributed by atoms with Crippen LogP contribution in [0.25, 0.3) is 0 Å². The van der Waals surface area contributed by atoms with Crippen LogP contribution in [-0.2, 0) is 19.1 Å². The number of ketones is 1. The number of Topliss-reactive ketones (excluding diaryl/α,β-unsaturated/α-hetero) is 1. The van der Waals surface area contributed by atoms with Gasteiger partial charge in [0.1, 0.15) is 6.61 Å². The fourth-order valence-corrected chi connectivity index (χ4v) is 5.68. The molecule has 11 heteroatoms. The van der Waals surface area contributed by atoms with Crippen molar-refractivity contribution >= 4 is 28.8 Å². The van der Waals surface area contributed by atoms with Gasteiger partial charge in [0.15, 0.2) is 11.5 Å². The molecule has 196 valence electrons. The predicted octanol–water partition coefficient (Wildman–Crippen LogP) is 4.31. The van der Waals surface area contributed by atoms with Crippen molar-refractivity contribution < 1.29 is 33.8 Å². The number of phenolic OH excluding ortho intramolecular Hbond substituents is 1. The molecule has 1 aromatic heterocycles. The molecule has 0 spiro atoms. The Hall–Kier alpha value is -3.70. The Bertz CT molecular complexity index is 1280. The second-order valence-corrected chi connectivity index (χ2v) is 9.72. The van der Waals surface area contributed by atoms with Crippen LogP contribution in [0.1, 0.15) is 49.0 Å². The van der Waals surface area contributed by atoms with Gasteiger partial charge in [-0.25, -0.2) is 4.79 Å². The van der Waals surface area contributed by atoms with Crippen LogP contribution < -0.4 is 10.1 Å². The van der Waals surface area contributed by atoms with Crippen molar-refractivity contribution in [2.75, 3.05) is 26.9 Å². The van der Waals surface area contributed by atoms with E-state index in [0.717, 1.165) is 4.88 Å². The summed E-state index contributed by atoms with van der Waals surface area (Å²) in [6, 6.07) is 6.57. The van der Waals surface area contributed by atoms with Crippen molar-refractivity contribution in [2.45, 2.75) is 38.5 Å². The van der Waals surface area contributed by atoms with Crippen molar-refractivity contribution in [1.29, 1.82) is 0 Å². The number of carbonyl (C=O) groups excluding carboxylic acids is 2. The van der Waals surface area contributed by atoms with E-state index in [2.05, 4.69) is 5.32 Å². The molecular formula is C26H28N2O8S. The number of dihydropyridines is 1. The lowest BCUT2D eigenvalue weighted by Gasteiger charge is -2.36. The van der Waals surface area contributed by atoms with Crippen LogP contribution in [0.2, 0.25) is 0 Å². The molecule has 2 heterocycles. The zero-order chi connectivity index (χ0) is 26.7. The molecular weight excluding hydrogens is 500 g/mol. The first-order valence-corrected chi connectivity index (χ1v) is 12.7. The summed E-state index contributed by atoms with van der Waals surface area (Å²) in [7, 11) is 1.48. The summed E-state index contributed by atoms with van der Waals surface area (Å²) in [5.41, 5.74) is 1.38. The average Bonchev–Trinajstić information content (AvgIpc) is 3.39. The van der Waals surface area contributed by atoms with Crippen LogP contribution in [0.5, 0.6) is 11.5 Å². The molecule has 0 bridgehead atoms. The standard InChI is InChI=1S/C26H28N2O8S/c1-4-35-20-13-16(11-18(25(20)30)28(32)33)23-22(26(31)36-8-7-34-3)14(2)27-17-10-15(12-19(29)24(17)23)21-6-5-9-37-21/h5-6,9,11,13,15,23,27,30H,4,7-8,10,12H2,1-3H3. The van der Waals surface area contributed by atoms with Crippen LogP contribution in [0.4, 0.5) is 5.69 Å². The Morgan fingerprint density at radius 2 is 2.08 bits per heavy atom. The molecule has 10 nitrogen and oxygen atoms in total. The molecule has 2 aromatic rings. The highest BCUT2D eigenvalue weighted by molar-refractivity contribution is 7.10. The predicted molar refractivity (Wildman–Crippen MR) is 136 cm³/mol. The molecule has 1 aliphatic heterocycles. The number of hydrogen-bond donors (Lipinski definition) is 2. The third-order valence-electron chi connectivity index (χ3n) is 6.42. The number of esters is 1. The summed E-state index contributed by atoms with van der Waals surface area (Å²) < 4.78 is 15.9. The normalized spacial score (nSPS) is 19.4. The number of ether oxygens (including phenoxy) is 3. The number of thiophene rings is 1. The maximum Gasteiger partial charge on any atom is 0.336 e. The van der Waals surface area contributed by atoms with Gasteiger partial charge < -0.3 is 24.6 Å². The minimum Gasteiger partial charge on any atom is -0.500 e. The maximum atomic E-state index is 13.6. The molecule has 0 saturated carbocycles. The number of hydrogen-bond acceptors (Lipinski definition) is 10. The molecule has 1 aliphatic carbocycles. The van der Waals surface area contributed by atoms with E-state index in [1.807, 2.05) is 17.5 Å². The van der Waals surface area contributed by atoms with Crippen molar-refractivity contribution in [3.8, 4) is 11.5 Å². The van der Waals surface area contributed by atoms with Gasteiger partial charge in [-0.05, 0) is 43.3 Å². The highest BCUT2D eigenvalue weighted by atomic mass is 32.1. The number of aromatic hydroxyl groups is 1. The Morgan fingerprint density at radius 1 is 1.30 bits per heavy atom. The number of nitro benzene ring substituents is 1. The number of phenols is 1. The molecule has 37 heavy (non-hydrogen) atoms. The zero-order valence-electron chi connectivity index (χ0n) is 20.7. The number of nitrogens with one attached hydrogen (secondary N) is 1. The topological polar surface area (TPSA) is 137 Å². The molecule has 2 atom stereocenters. The summed E-state index contributed by atoms with van der Waals surface area (Å²) in [5, 5.41) is 27.4. The van der Waals surface area contributed by atoms with Crippen molar-refractivity contribution in [3.05, 3.63) is 72.7 Å². The largest absolute Gasteiger partial charge is 0.500 e. The van der Waals surface area contributed by atoms with E-state index in [1.54, 1.807) is 25.2 Å². The third kappa shape index (κ3) is 5.23. The molecule has 1 aromatic carbocycles. The van der Waals surface area contributed by atoms with Gasteiger partial charge in [0.05, 0.1) is 23.7 Å². The first kappa shape index (κ1) is 26.4. The van der Waals surface area contributed by atoms with E-state index in [-0.39, 0.29) is 54.8 Å². The molecule has 4 rings (SSSR count). The summed E-state index contributed by atoms with van der Waals surface area (Å²) in [6.07, 6.45) is 0.779. The van der Waals surface area contributed by atoms with Crippen LogP contribution in [0.15, 0.2) is 52.2 Å². The monoisotopic (exact) mass is 528 g/mol. The van der Waals surface area contributed by atoms with Crippen LogP contribution in [0, 0.1) is 10.1 Å². The summed E-state index contributed by atoms with van der Waals surface area (Å²) in [6.45, 7) is 3.72. The number of nitro groups is 1. The first-order valence-electron chi connectivity index (χ1n) is 11.8. The Morgan fingerprint density at radius 3 is 2.73 bits per heavy atom. The molecule has 0 fully saturated rings. The maximum absolute atomic E-state index is 13.6. The molecule has 2 aliphatic rings. The smallest absolute Gasteiger partial charge is 0.336 e. The van der Waals surface area contributed by atoms with Gasteiger partial charge in [0.2, 0.25) is 5.75 Å². The van der Waals surface area contributed by atoms with Gasteiger partial charge in [0, 0.05) is 53.3 Å². The van der Waals surface area contributed by atoms with Gasteiger partial charge in [-0.1, -0.05) is 6.07 Å².